The van der Waals surface area contributed by atoms with Gasteiger partial charge < -0.3 is 24.8 Å². The number of hydrogen-bond acceptors (Lipinski definition) is 5. The van der Waals surface area contributed by atoms with Gasteiger partial charge in [0.1, 0.15) is 11.5 Å². The van der Waals surface area contributed by atoms with E-state index in [0.29, 0.717) is 24.7 Å². The molecular weight excluding hydrogens is 356 g/mol. The lowest BCUT2D eigenvalue weighted by Crippen LogP contribution is -2.45. The molecule has 0 spiro atoms. The SMILES string of the molecule is CCNC(=NCc1ccc(Oc2cccc(OC)c2)nc1)NCC(C)(C)OC. The predicted molar refractivity (Wildman–Crippen MR) is 111 cm³/mol. The molecule has 1 heterocycles. The second-order valence-corrected chi connectivity index (χ2v) is 6.80. The van der Waals surface area contributed by atoms with Crippen molar-refractivity contribution in [3.8, 4) is 17.4 Å². The van der Waals surface area contributed by atoms with E-state index in [1.807, 2.05) is 57.2 Å². The highest BCUT2D eigenvalue weighted by molar-refractivity contribution is 5.79. The van der Waals surface area contributed by atoms with E-state index in [9.17, 15) is 0 Å². The fourth-order valence-electron chi connectivity index (χ4n) is 2.23. The van der Waals surface area contributed by atoms with Crippen molar-refractivity contribution in [3.05, 3.63) is 48.2 Å². The minimum atomic E-state index is -0.267. The number of rotatable bonds is 9. The summed E-state index contributed by atoms with van der Waals surface area (Å²) in [7, 11) is 3.33. The van der Waals surface area contributed by atoms with Crippen molar-refractivity contribution >= 4 is 5.96 Å². The Morgan fingerprint density at radius 2 is 1.89 bits per heavy atom. The highest BCUT2D eigenvalue weighted by atomic mass is 16.5. The average molecular weight is 386 g/mol. The van der Waals surface area contributed by atoms with Gasteiger partial charge in [0.25, 0.3) is 0 Å². The number of benzene rings is 1. The molecule has 0 unspecified atom stereocenters. The largest absolute Gasteiger partial charge is 0.497 e. The van der Waals surface area contributed by atoms with Crippen LogP contribution < -0.4 is 20.1 Å². The fourth-order valence-corrected chi connectivity index (χ4v) is 2.23. The minimum Gasteiger partial charge on any atom is -0.497 e. The molecule has 0 bridgehead atoms. The Balaban J connectivity index is 1.96. The monoisotopic (exact) mass is 386 g/mol. The maximum Gasteiger partial charge on any atom is 0.219 e. The lowest BCUT2D eigenvalue weighted by molar-refractivity contribution is 0.0268. The summed E-state index contributed by atoms with van der Waals surface area (Å²) in [4.78, 5) is 8.96. The van der Waals surface area contributed by atoms with E-state index in [4.69, 9.17) is 14.2 Å². The van der Waals surface area contributed by atoms with Crippen molar-refractivity contribution in [2.45, 2.75) is 32.9 Å². The first-order valence-corrected chi connectivity index (χ1v) is 9.30. The van der Waals surface area contributed by atoms with Crippen molar-refractivity contribution < 1.29 is 14.2 Å². The summed E-state index contributed by atoms with van der Waals surface area (Å²) < 4.78 is 16.4. The van der Waals surface area contributed by atoms with E-state index < -0.39 is 0 Å². The van der Waals surface area contributed by atoms with Crippen molar-refractivity contribution in [1.82, 2.24) is 15.6 Å². The van der Waals surface area contributed by atoms with Crippen molar-refractivity contribution in [2.75, 3.05) is 27.3 Å². The zero-order chi connectivity index (χ0) is 20.4. The molecule has 2 rings (SSSR count). The highest BCUT2D eigenvalue weighted by Crippen LogP contribution is 2.23. The third kappa shape index (κ3) is 7.08. The van der Waals surface area contributed by atoms with E-state index >= 15 is 0 Å². The molecule has 1 aromatic carbocycles. The Morgan fingerprint density at radius 1 is 1.11 bits per heavy atom. The van der Waals surface area contributed by atoms with Gasteiger partial charge in [-0.3, -0.25) is 0 Å². The Labute approximate surface area is 167 Å². The predicted octanol–water partition coefficient (Wildman–Crippen LogP) is 3.36. The first-order chi connectivity index (χ1) is 13.5. The lowest BCUT2D eigenvalue weighted by atomic mass is 10.1. The Bertz CT molecular complexity index is 761. The highest BCUT2D eigenvalue weighted by Gasteiger charge is 2.16. The van der Waals surface area contributed by atoms with E-state index in [0.717, 1.165) is 23.8 Å². The second-order valence-electron chi connectivity index (χ2n) is 6.80. The van der Waals surface area contributed by atoms with E-state index in [2.05, 4.69) is 20.6 Å². The smallest absolute Gasteiger partial charge is 0.219 e. The van der Waals surface area contributed by atoms with Crippen molar-refractivity contribution in [1.29, 1.82) is 0 Å². The molecule has 0 aliphatic rings. The van der Waals surface area contributed by atoms with Gasteiger partial charge in [-0.1, -0.05) is 12.1 Å². The van der Waals surface area contributed by atoms with Crippen LogP contribution in [0.4, 0.5) is 0 Å². The summed E-state index contributed by atoms with van der Waals surface area (Å²) in [6, 6.07) is 11.2. The van der Waals surface area contributed by atoms with Crippen LogP contribution in [0.1, 0.15) is 26.3 Å². The van der Waals surface area contributed by atoms with Gasteiger partial charge in [-0.2, -0.15) is 0 Å². The van der Waals surface area contributed by atoms with Crippen LogP contribution in [0.15, 0.2) is 47.6 Å². The van der Waals surface area contributed by atoms with Crippen LogP contribution in [0.5, 0.6) is 17.4 Å². The van der Waals surface area contributed by atoms with Gasteiger partial charge in [-0.15, -0.1) is 0 Å². The Hall–Kier alpha value is -2.80. The topological polar surface area (TPSA) is 77.0 Å². The van der Waals surface area contributed by atoms with Crippen LogP contribution in [0, 0.1) is 0 Å². The van der Waals surface area contributed by atoms with Crippen LogP contribution in [-0.4, -0.2) is 43.9 Å². The normalized spacial score (nSPS) is 11.8. The molecule has 0 aliphatic heterocycles. The standard InChI is InChI=1S/C21H30N4O3/c1-6-22-20(25-15-21(2,3)27-5)24-14-16-10-11-19(23-13-16)28-18-9-7-8-17(12-18)26-4/h7-13H,6,14-15H2,1-5H3,(H2,22,24,25). The molecule has 0 saturated heterocycles. The van der Waals surface area contributed by atoms with Crippen LogP contribution in [0.2, 0.25) is 0 Å². The number of ether oxygens (including phenoxy) is 3. The summed E-state index contributed by atoms with van der Waals surface area (Å²) in [6.45, 7) is 8.02. The van der Waals surface area contributed by atoms with Crippen molar-refractivity contribution in [3.63, 3.8) is 0 Å². The van der Waals surface area contributed by atoms with Crippen LogP contribution in [-0.2, 0) is 11.3 Å². The molecule has 0 radical (unpaired) electrons. The number of aliphatic imine (C=N–C) groups is 1. The molecular formula is C21H30N4O3. The number of guanidine groups is 1. The molecule has 0 aliphatic carbocycles. The number of hydrogen-bond donors (Lipinski definition) is 2. The van der Waals surface area contributed by atoms with Gasteiger partial charge in [0.15, 0.2) is 5.96 Å². The molecule has 7 nitrogen and oxygen atoms in total. The molecule has 28 heavy (non-hydrogen) atoms. The van der Waals surface area contributed by atoms with Crippen LogP contribution in [0.25, 0.3) is 0 Å². The molecule has 2 N–H and O–H groups in total. The third-order valence-corrected chi connectivity index (χ3v) is 4.06. The second kappa shape index (κ2) is 10.5. The van der Waals surface area contributed by atoms with Crippen LogP contribution in [0.3, 0.4) is 0 Å². The number of aromatic nitrogens is 1. The van der Waals surface area contributed by atoms with E-state index in [-0.39, 0.29) is 5.60 Å². The number of pyridine rings is 1. The summed E-state index contributed by atoms with van der Waals surface area (Å²) in [5, 5.41) is 6.52. The first kappa shape index (κ1) is 21.5. The molecule has 152 valence electrons. The molecule has 0 atom stereocenters. The number of nitrogens with one attached hydrogen (secondary N) is 2. The summed E-state index contributed by atoms with van der Waals surface area (Å²) in [6.07, 6.45) is 1.77. The van der Waals surface area contributed by atoms with E-state index in [1.165, 1.54) is 0 Å². The average Bonchev–Trinajstić information content (AvgIpc) is 2.71. The molecule has 7 heteroatoms. The third-order valence-electron chi connectivity index (χ3n) is 4.06. The van der Waals surface area contributed by atoms with Gasteiger partial charge in [-0.05, 0) is 38.5 Å². The molecule has 2 aromatic rings. The molecule has 1 aromatic heterocycles. The fraction of sp³-hybridized carbons (Fsp3) is 0.429. The van der Waals surface area contributed by atoms with Gasteiger partial charge in [-0.25, -0.2) is 9.98 Å². The van der Waals surface area contributed by atoms with Gasteiger partial charge in [0, 0.05) is 38.5 Å². The van der Waals surface area contributed by atoms with Crippen LogP contribution >= 0.6 is 0 Å². The van der Waals surface area contributed by atoms with Crippen molar-refractivity contribution in [2.24, 2.45) is 4.99 Å². The van der Waals surface area contributed by atoms with Gasteiger partial charge >= 0.3 is 0 Å². The van der Waals surface area contributed by atoms with E-state index in [1.54, 1.807) is 20.4 Å². The zero-order valence-electron chi connectivity index (χ0n) is 17.3. The summed E-state index contributed by atoms with van der Waals surface area (Å²) >= 11 is 0. The summed E-state index contributed by atoms with van der Waals surface area (Å²) in [5.74, 6) is 2.68. The molecule has 0 fully saturated rings. The quantitative estimate of drug-likeness (QED) is 0.508. The van der Waals surface area contributed by atoms with Gasteiger partial charge in [0.2, 0.25) is 5.88 Å². The lowest BCUT2D eigenvalue weighted by Gasteiger charge is -2.24. The number of methoxy groups -OCH3 is 2. The molecule has 0 saturated carbocycles. The minimum absolute atomic E-state index is 0.267. The first-order valence-electron chi connectivity index (χ1n) is 9.30. The number of nitrogens with zero attached hydrogens (tertiary/aromatic N) is 2. The summed E-state index contributed by atoms with van der Waals surface area (Å²) in [5.41, 5.74) is 0.720. The molecule has 0 amide bonds. The zero-order valence-corrected chi connectivity index (χ0v) is 17.3. The Morgan fingerprint density at radius 3 is 2.54 bits per heavy atom. The maximum absolute atomic E-state index is 5.76. The Kier molecular flexibility index (Phi) is 8.07. The van der Waals surface area contributed by atoms with Gasteiger partial charge in [0.05, 0.1) is 19.3 Å². The maximum atomic E-state index is 5.76.